The van der Waals surface area contributed by atoms with E-state index >= 15 is 0 Å². The Morgan fingerprint density at radius 2 is 2.00 bits per heavy atom. The minimum atomic E-state index is -0.366. The molecule has 2 fully saturated rings. The van der Waals surface area contributed by atoms with E-state index in [-0.39, 0.29) is 17.8 Å². The van der Waals surface area contributed by atoms with Crippen LogP contribution in [0.2, 0.25) is 0 Å². The first-order valence-electron chi connectivity index (χ1n) is 7.03. The molecule has 2 unspecified atom stereocenters. The second kappa shape index (κ2) is 5.29. The molecule has 0 spiro atoms. The zero-order valence-corrected chi connectivity index (χ0v) is 10.9. The van der Waals surface area contributed by atoms with Crippen LogP contribution in [0.15, 0.2) is 24.3 Å². The first kappa shape index (κ1) is 12.6. The van der Waals surface area contributed by atoms with Gasteiger partial charge < -0.3 is 10.6 Å². The minimum Gasteiger partial charge on any atom is -0.349 e. The van der Waals surface area contributed by atoms with Crippen LogP contribution in [0.5, 0.6) is 0 Å². The Morgan fingerprint density at radius 1 is 1.26 bits per heavy atom. The van der Waals surface area contributed by atoms with Gasteiger partial charge in [0.2, 0.25) is 0 Å². The fraction of sp³-hybridized carbons (Fsp3) is 0.533. The molecule has 2 N–H and O–H groups in total. The van der Waals surface area contributed by atoms with E-state index in [0.29, 0.717) is 17.6 Å². The third-order valence-corrected chi connectivity index (χ3v) is 4.14. The Bertz CT molecular complexity index is 465. The fourth-order valence-corrected chi connectivity index (χ4v) is 3.28. The highest BCUT2D eigenvalue weighted by atomic mass is 19.1. The maximum atomic E-state index is 13.1. The maximum absolute atomic E-state index is 13.1. The van der Waals surface area contributed by atoms with Crippen molar-refractivity contribution in [3.05, 3.63) is 35.6 Å². The standard InChI is InChI=1S/C15H19FN2O/c16-11-4-1-3-10(7-11)15(19)18-14-8-12-5-2-6-13(9-14)17-12/h1,3-4,7,12-14,17H,2,5-6,8-9H2,(H,18,19). The molecular formula is C15H19FN2O. The molecule has 0 aromatic heterocycles. The van der Waals surface area contributed by atoms with Crippen molar-refractivity contribution in [1.82, 2.24) is 10.6 Å². The summed E-state index contributed by atoms with van der Waals surface area (Å²) >= 11 is 0. The maximum Gasteiger partial charge on any atom is 0.251 e. The summed E-state index contributed by atoms with van der Waals surface area (Å²) in [5.41, 5.74) is 0.406. The molecule has 0 saturated carbocycles. The number of benzene rings is 1. The van der Waals surface area contributed by atoms with Gasteiger partial charge in [-0.25, -0.2) is 4.39 Å². The molecule has 1 amide bonds. The van der Waals surface area contributed by atoms with E-state index in [0.717, 1.165) is 12.8 Å². The van der Waals surface area contributed by atoms with Crippen LogP contribution in [-0.4, -0.2) is 24.0 Å². The summed E-state index contributed by atoms with van der Waals surface area (Å²) in [6.45, 7) is 0. The van der Waals surface area contributed by atoms with Crippen LogP contribution in [0.3, 0.4) is 0 Å². The number of hydrogen-bond donors (Lipinski definition) is 2. The number of carbonyl (C=O) groups excluding carboxylic acids is 1. The highest BCUT2D eigenvalue weighted by Crippen LogP contribution is 2.25. The molecule has 4 heteroatoms. The van der Waals surface area contributed by atoms with E-state index in [1.807, 2.05) is 0 Å². The third kappa shape index (κ3) is 2.95. The lowest BCUT2D eigenvalue weighted by Crippen LogP contribution is -2.54. The molecule has 1 aromatic carbocycles. The van der Waals surface area contributed by atoms with E-state index in [9.17, 15) is 9.18 Å². The first-order valence-corrected chi connectivity index (χ1v) is 7.03. The molecule has 3 nitrogen and oxygen atoms in total. The van der Waals surface area contributed by atoms with Crippen LogP contribution in [0.25, 0.3) is 0 Å². The van der Waals surface area contributed by atoms with Crippen LogP contribution in [-0.2, 0) is 0 Å². The molecule has 2 aliphatic heterocycles. The molecule has 2 saturated heterocycles. The van der Waals surface area contributed by atoms with Gasteiger partial charge in [-0.2, -0.15) is 0 Å². The summed E-state index contributed by atoms with van der Waals surface area (Å²) in [6, 6.07) is 7.15. The SMILES string of the molecule is O=C(NC1CC2CCCC(C1)N2)c1cccc(F)c1. The van der Waals surface area contributed by atoms with Gasteiger partial charge in [0, 0.05) is 23.7 Å². The fourth-order valence-electron chi connectivity index (χ4n) is 3.28. The number of carbonyl (C=O) groups is 1. The number of hydrogen-bond acceptors (Lipinski definition) is 2. The van der Waals surface area contributed by atoms with E-state index in [1.165, 1.54) is 31.4 Å². The normalized spacial score (nSPS) is 29.8. The Kier molecular flexibility index (Phi) is 3.51. The zero-order chi connectivity index (χ0) is 13.2. The van der Waals surface area contributed by atoms with Crippen molar-refractivity contribution in [3.8, 4) is 0 Å². The number of amides is 1. The molecular weight excluding hydrogens is 243 g/mol. The Morgan fingerprint density at radius 3 is 2.68 bits per heavy atom. The van der Waals surface area contributed by atoms with Crippen molar-refractivity contribution in [2.24, 2.45) is 0 Å². The van der Waals surface area contributed by atoms with Gasteiger partial charge >= 0.3 is 0 Å². The van der Waals surface area contributed by atoms with Gasteiger partial charge in [-0.05, 0) is 43.9 Å². The molecule has 19 heavy (non-hydrogen) atoms. The first-order chi connectivity index (χ1) is 9.20. The second-order valence-corrected chi connectivity index (χ2v) is 5.64. The summed E-state index contributed by atoms with van der Waals surface area (Å²) in [5, 5.41) is 6.64. The van der Waals surface area contributed by atoms with Crippen molar-refractivity contribution in [2.45, 2.75) is 50.2 Å². The lowest BCUT2D eigenvalue weighted by molar-refractivity contribution is 0.0906. The summed E-state index contributed by atoms with van der Waals surface area (Å²) in [5.74, 6) is -0.528. The monoisotopic (exact) mass is 262 g/mol. The quantitative estimate of drug-likeness (QED) is 0.858. The Hall–Kier alpha value is -1.42. The lowest BCUT2D eigenvalue weighted by Gasteiger charge is -2.40. The van der Waals surface area contributed by atoms with Crippen molar-refractivity contribution in [3.63, 3.8) is 0 Å². The topological polar surface area (TPSA) is 41.1 Å². The average molecular weight is 262 g/mol. The average Bonchev–Trinajstić information content (AvgIpc) is 2.38. The van der Waals surface area contributed by atoms with E-state index in [1.54, 1.807) is 12.1 Å². The highest BCUT2D eigenvalue weighted by Gasteiger charge is 2.31. The van der Waals surface area contributed by atoms with E-state index in [4.69, 9.17) is 0 Å². The van der Waals surface area contributed by atoms with Crippen LogP contribution < -0.4 is 10.6 Å². The van der Waals surface area contributed by atoms with Crippen molar-refractivity contribution >= 4 is 5.91 Å². The van der Waals surface area contributed by atoms with Crippen LogP contribution >= 0.6 is 0 Å². The summed E-state index contributed by atoms with van der Waals surface area (Å²) in [6.07, 6.45) is 5.65. The zero-order valence-electron chi connectivity index (χ0n) is 10.9. The number of halogens is 1. The lowest BCUT2D eigenvalue weighted by atomic mass is 9.84. The van der Waals surface area contributed by atoms with Gasteiger partial charge in [-0.3, -0.25) is 4.79 Å². The minimum absolute atomic E-state index is 0.163. The molecule has 0 aliphatic carbocycles. The van der Waals surface area contributed by atoms with Gasteiger partial charge in [0.1, 0.15) is 5.82 Å². The smallest absolute Gasteiger partial charge is 0.251 e. The molecule has 1 aromatic rings. The van der Waals surface area contributed by atoms with Gasteiger partial charge in [-0.1, -0.05) is 12.5 Å². The molecule has 102 valence electrons. The van der Waals surface area contributed by atoms with Crippen LogP contribution in [0.1, 0.15) is 42.5 Å². The predicted octanol–water partition coefficient (Wildman–Crippen LogP) is 2.23. The number of piperidine rings is 2. The molecule has 2 heterocycles. The third-order valence-electron chi connectivity index (χ3n) is 4.14. The van der Waals surface area contributed by atoms with E-state index in [2.05, 4.69) is 10.6 Å². The molecule has 2 bridgehead atoms. The molecule has 2 aliphatic rings. The predicted molar refractivity (Wildman–Crippen MR) is 71.5 cm³/mol. The van der Waals surface area contributed by atoms with Gasteiger partial charge in [0.15, 0.2) is 0 Å². The van der Waals surface area contributed by atoms with Gasteiger partial charge in [0.25, 0.3) is 5.91 Å². The molecule has 3 rings (SSSR count). The van der Waals surface area contributed by atoms with Crippen molar-refractivity contribution in [2.75, 3.05) is 0 Å². The van der Waals surface area contributed by atoms with Crippen LogP contribution in [0, 0.1) is 5.82 Å². The Labute approximate surface area is 112 Å². The van der Waals surface area contributed by atoms with Gasteiger partial charge in [-0.15, -0.1) is 0 Å². The van der Waals surface area contributed by atoms with Crippen molar-refractivity contribution in [1.29, 1.82) is 0 Å². The summed E-state index contributed by atoms with van der Waals surface area (Å²) in [4.78, 5) is 12.1. The number of fused-ring (bicyclic) bond motifs is 2. The highest BCUT2D eigenvalue weighted by molar-refractivity contribution is 5.94. The van der Waals surface area contributed by atoms with Crippen LogP contribution in [0.4, 0.5) is 4.39 Å². The summed E-state index contributed by atoms with van der Waals surface area (Å²) < 4.78 is 13.1. The number of nitrogens with one attached hydrogen (secondary N) is 2. The second-order valence-electron chi connectivity index (χ2n) is 5.64. The Balaban J connectivity index is 1.63. The van der Waals surface area contributed by atoms with Crippen molar-refractivity contribution < 1.29 is 9.18 Å². The molecule has 0 radical (unpaired) electrons. The largest absolute Gasteiger partial charge is 0.349 e. The van der Waals surface area contributed by atoms with Gasteiger partial charge in [0.05, 0.1) is 0 Å². The molecule has 2 atom stereocenters. The number of rotatable bonds is 2. The van der Waals surface area contributed by atoms with E-state index < -0.39 is 0 Å². The summed E-state index contributed by atoms with van der Waals surface area (Å²) in [7, 11) is 0.